The van der Waals surface area contributed by atoms with Gasteiger partial charge in [-0.25, -0.2) is 0 Å². The Morgan fingerprint density at radius 2 is 2.40 bits per heavy atom. The normalized spacial score (nSPS) is 21.0. The van der Waals surface area contributed by atoms with Crippen LogP contribution in [0.3, 0.4) is 0 Å². The van der Waals surface area contributed by atoms with Gasteiger partial charge in [-0.2, -0.15) is 0 Å². The summed E-state index contributed by atoms with van der Waals surface area (Å²) in [6.45, 7) is 0. The van der Waals surface area contributed by atoms with Crippen molar-refractivity contribution in [1.82, 2.24) is 5.32 Å². The first-order valence-electron chi connectivity index (χ1n) is 2.54. The van der Waals surface area contributed by atoms with Gasteiger partial charge in [0.15, 0.2) is 6.17 Å². The van der Waals surface area contributed by atoms with E-state index in [9.17, 15) is 4.79 Å². The van der Waals surface area contributed by atoms with E-state index >= 15 is 0 Å². The summed E-state index contributed by atoms with van der Waals surface area (Å²) in [5, 5.41) is 2.67. The predicted molar refractivity (Wildman–Crippen MR) is 41.0 cm³/mol. The quantitative estimate of drug-likeness (QED) is 0.540. The third kappa shape index (κ3) is 2.06. The van der Waals surface area contributed by atoms with Gasteiger partial charge in [-0.3, -0.25) is 9.79 Å². The van der Waals surface area contributed by atoms with E-state index in [1.807, 2.05) is 0 Å². The molecule has 1 amide bonds. The molecule has 1 heterocycles. The van der Waals surface area contributed by atoms with Gasteiger partial charge in [-0.05, 0) is 6.08 Å². The number of hydrogen-bond donors (Lipinski definition) is 2. The molecular weight excluding hydrogens is 154 g/mol. The molecule has 56 valence electrons. The third-order valence-corrected chi connectivity index (χ3v) is 0.941. The first kappa shape index (κ1) is 8.97. The van der Waals surface area contributed by atoms with E-state index in [4.69, 9.17) is 5.73 Å². The molecule has 1 aliphatic rings. The molecule has 1 unspecified atom stereocenters. The highest BCUT2D eigenvalue weighted by Gasteiger charge is 2.10. The minimum absolute atomic E-state index is 0. The van der Waals surface area contributed by atoms with Gasteiger partial charge in [-0.15, -0.1) is 12.4 Å². The van der Waals surface area contributed by atoms with Crippen LogP contribution in [-0.2, 0) is 4.79 Å². The summed E-state index contributed by atoms with van der Waals surface area (Å²) < 4.78 is 0. The molecule has 5 heteroatoms. The average molecular weight is 162 g/mol. The summed E-state index contributed by atoms with van der Waals surface area (Å²) in [7, 11) is 0. The van der Waals surface area contributed by atoms with E-state index in [0.29, 0.717) is 0 Å². The van der Waals surface area contributed by atoms with E-state index in [1.165, 1.54) is 6.21 Å². The number of rotatable bonds is 1. The number of primary amides is 1. The maximum absolute atomic E-state index is 10.4. The van der Waals surface area contributed by atoms with Crippen LogP contribution in [0.4, 0.5) is 0 Å². The maximum atomic E-state index is 10.4. The second-order valence-corrected chi connectivity index (χ2v) is 1.63. The van der Waals surface area contributed by atoms with Crippen molar-refractivity contribution >= 4 is 24.5 Å². The molecule has 4 nitrogen and oxygen atoms in total. The highest BCUT2D eigenvalue weighted by atomic mass is 35.5. The lowest BCUT2D eigenvalue weighted by Gasteiger charge is -2.09. The van der Waals surface area contributed by atoms with E-state index in [0.717, 1.165) is 0 Å². The summed E-state index contributed by atoms with van der Waals surface area (Å²) in [5.41, 5.74) is 4.92. The van der Waals surface area contributed by atoms with Crippen LogP contribution >= 0.6 is 12.4 Å². The molecule has 0 fully saturated rings. The van der Waals surface area contributed by atoms with Gasteiger partial charge >= 0.3 is 0 Å². The lowest BCUT2D eigenvalue weighted by molar-refractivity contribution is -0.119. The molecular formula is C5H8ClN3O. The number of carbonyl (C=O) groups is 1. The minimum atomic E-state index is -0.574. The van der Waals surface area contributed by atoms with Crippen LogP contribution in [0.2, 0.25) is 0 Å². The Hall–Kier alpha value is -1.03. The summed E-state index contributed by atoms with van der Waals surface area (Å²) in [5.74, 6) is -0.462. The number of amides is 1. The molecule has 0 aliphatic carbocycles. The van der Waals surface area contributed by atoms with Crippen molar-refractivity contribution in [2.75, 3.05) is 0 Å². The molecule has 1 atom stereocenters. The van der Waals surface area contributed by atoms with Gasteiger partial charge in [0.1, 0.15) is 0 Å². The Labute approximate surface area is 64.6 Å². The summed E-state index contributed by atoms with van der Waals surface area (Å²) in [6, 6.07) is 0. The SMILES string of the molecule is Cl.NC(=O)C1N=CC=CN1. The van der Waals surface area contributed by atoms with Crippen LogP contribution in [0.1, 0.15) is 0 Å². The largest absolute Gasteiger partial charge is 0.366 e. The number of hydrogen-bond acceptors (Lipinski definition) is 3. The van der Waals surface area contributed by atoms with Crippen LogP contribution in [0.25, 0.3) is 0 Å². The topological polar surface area (TPSA) is 67.5 Å². The Balaban J connectivity index is 0.000000810. The summed E-state index contributed by atoms with van der Waals surface area (Å²) in [6.07, 6.45) is 4.28. The first-order valence-corrected chi connectivity index (χ1v) is 2.54. The number of carbonyl (C=O) groups excluding carboxylic acids is 1. The number of nitrogens with one attached hydrogen (secondary N) is 1. The van der Waals surface area contributed by atoms with Crippen LogP contribution in [0, 0.1) is 0 Å². The highest BCUT2D eigenvalue weighted by Crippen LogP contribution is 1.87. The second-order valence-electron chi connectivity index (χ2n) is 1.63. The van der Waals surface area contributed by atoms with Crippen molar-refractivity contribution in [1.29, 1.82) is 0 Å². The Bertz CT molecular complexity index is 178. The van der Waals surface area contributed by atoms with Gasteiger partial charge in [0, 0.05) is 12.4 Å². The molecule has 0 aromatic carbocycles. The first-order chi connectivity index (χ1) is 4.30. The van der Waals surface area contributed by atoms with Gasteiger partial charge in [0.25, 0.3) is 5.91 Å². The molecule has 3 N–H and O–H groups in total. The summed E-state index contributed by atoms with van der Waals surface area (Å²) in [4.78, 5) is 14.1. The average Bonchev–Trinajstić information content (AvgIpc) is 1.90. The third-order valence-electron chi connectivity index (χ3n) is 0.941. The van der Waals surface area contributed by atoms with Gasteiger partial charge < -0.3 is 11.1 Å². The monoisotopic (exact) mass is 161 g/mol. The van der Waals surface area contributed by atoms with Crippen molar-refractivity contribution in [2.45, 2.75) is 6.17 Å². The number of nitrogens with two attached hydrogens (primary N) is 1. The van der Waals surface area contributed by atoms with Gasteiger partial charge in [-0.1, -0.05) is 0 Å². The van der Waals surface area contributed by atoms with Crippen LogP contribution in [0.15, 0.2) is 17.3 Å². The Kier molecular flexibility index (Phi) is 3.49. The zero-order chi connectivity index (χ0) is 6.69. The second kappa shape index (κ2) is 3.90. The fraction of sp³-hybridized carbons (Fsp3) is 0.200. The lowest BCUT2D eigenvalue weighted by Crippen LogP contribution is -2.38. The number of nitrogens with zero attached hydrogens (tertiary/aromatic N) is 1. The van der Waals surface area contributed by atoms with Crippen molar-refractivity contribution in [3.05, 3.63) is 12.3 Å². The van der Waals surface area contributed by atoms with Gasteiger partial charge in [0.2, 0.25) is 0 Å². The molecule has 0 aromatic heterocycles. The fourth-order valence-corrected chi connectivity index (χ4v) is 0.524. The minimum Gasteiger partial charge on any atom is -0.366 e. The molecule has 0 aromatic rings. The molecule has 1 aliphatic heterocycles. The standard InChI is InChI=1S/C5H7N3O.ClH/c6-4(9)5-7-2-1-3-8-5;/h1-3,5,7H,(H2,6,9);1H. The van der Waals surface area contributed by atoms with E-state index in [2.05, 4.69) is 10.3 Å². The molecule has 0 saturated heterocycles. The molecule has 0 spiro atoms. The molecule has 10 heavy (non-hydrogen) atoms. The van der Waals surface area contributed by atoms with E-state index < -0.39 is 12.1 Å². The fourth-order valence-electron chi connectivity index (χ4n) is 0.524. The van der Waals surface area contributed by atoms with E-state index in [1.54, 1.807) is 12.3 Å². The maximum Gasteiger partial charge on any atom is 0.262 e. The number of aliphatic imine (C=N–C) groups is 1. The Morgan fingerprint density at radius 3 is 2.70 bits per heavy atom. The zero-order valence-electron chi connectivity index (χ0n) is 5.15. The smallest absolute Gasteiger partial charge is 0.262 e. The van der Waals surface area contributed by atoms with Crippen LogP contribution in [0.5, 0.6) is 0 Å². The van der Waals surface area contributed by atoms with Crippen molar-refractivity contribution in [2.24, 2.45) is 10.7 Å². The van der Waals surface area contributed by atoms with Crippen molar-refractivity contribution in [3.63, 3.8) is 0 Å². The molecule has 1 rings (SSSR count). The zero-order valence-corrected chi connectivity index (χ0v) is 5.97. The molecule has 0 saturated carbocycles. The Morgan fingerprint density at radius 1 is 1.70 bits per heavy atom. The molecule has 0 bridgehead atoms. The summed E-state index contributed by atoms with van der Waals surface area (Å²) >= 11 is 0. The van der Waals surface area contributed by atoms with Gasteiger partial charge in [0.05, 0.1) is 0 Å². The highest BCUT2D eigenvalue weighted by molar-refractivity contribution is 5.85. The number of halogens is 1. The van der Waals surface area contributed by atoms with Crippen LogP contribution in [-0.4, -0.2) is 18.3 Å². The van der Waals surface area contributed by atoms with Crippen molar-refractivity contribution < 1.29 is 4.79 Å². The van der Waals surface area contributed by atoms with Crippen molar-refractivity contribution in [3.8, 4) is 0 Å². The lowest BCUT2D eigenvalue weighted by atomic mass is 10.4. The molecule has 0 radical (unpaired) electrons. The van der Waals surface area contributed by atoms with E-state index in [-0.39, 0.29) is 12.4 Å². The van der Waals surface area contributed by atoms with Crippen LogP contribution < -0.4 is 11.1 Å². The number of allylic oxidation sites excluding steroid dienone is 1. The predicted octanol–water partition coefficient (Wildman–Crippen LogP) is -0.593.